The van der Waals surface area contributed by atoms with E-state index >= 15 is 0 Å². The van der Waals surface area contributed by atoms with Gasteiger partial charge in [-0.2, -0.15) is 5.10 Å². The van der Waals surface area contributed by atoms with Crippen LogP contribution in [-0.2, 0) is 25.9 Å². The lowest BCUT2D eigenvalue weighted by Crippen LogP contribution is -2.53. The van der Waals surface area contributed by atoms with Crippen molar-refractivity contribution in [1.29, 1.82) is 0 Å². The highest BCUT2D eigenvalue weighted by molar-refractivity contribution is 5.45. The Morgan fingerprint density at radius 3 is 2.50 bits per heavy atom. The molecule has 2 atom stereocenters. The fraction of sp³-hybridized carbons (Fsp3) is 0.615. The zero-order valence-corrected chi connectivity index (χ0v) is 18.9. The quantitative estimate of drug-likeness (QED) is 0.755. The van der Waals surface area contributed by atoms with Gasteiger partial charge in [0.05, 0.1) is 24.9 Å². The van der Waals surface area contributed by atoms with Crippen LogP contribution in [0.3, 0.4) is 0 Å². The maximum absolute atomic E-state index is 12.4. The summed E-state index contributed by atoms with van der Waals surface area (Å²) in [7, 11) is 1.77. The van der Waals surface area contributed by atoms with E-state index in [-0.39, 0.29) is 5.56 Å². The molecule has 3 heterocycles. The van der Waals surface area contributed by atoms with Gasteiger partial charge in [-0.3, -0.25) is 9.69 Å². The molecule has 1 aromatic heterocycles. The molecule has 6 nitrogen and oxygen atoms in total. The summed E-state index contributed by atoms with van der Waals surface area (Å²) in [5, 5.41) is 16.1. The third-order valence-electron chi connectivity index (χ3n) is 8.18. The lowest BCUT2D eigenvalue weighted by atomic mass is 9.85. The van der Waals surface area contributed by atoms with Gasteiger partial charge in [0, 0.05) is 36.2 Å². The van der Waals surface area contributed by atoms with Crippen LogP contribution in [0.25, 0.3) is 0 Å². The normalized spacial score (nSPS) is 29.3. The summed E-state index contributed by atoms with van der Waals surface area (Å²) in [4.78, 5) is 15.0. The predicted octanol–water partition coefficient (Wildman–Crippen LogP) is 3.18. The number of aryl methyl sites for hydroxylation is 2. The molecule has 2 saturated heterocycles. The van der Waals surface area contributed by atoms with Gasteiger partial charge in [-0.15, -0.1) is 0 Å². The molecular formula is C26H33N3O3. The second kappa shape index (κ2) is 7.70. The first kappa shape index (κ1) is 20.4. The Balaban J connectivity index is 1.20. The molecule has 1 saturated carbocycles. The Morgan fingerprint density at radius 1 is 1.09 bits per heavy atom. The van der Waals surface area contributed by atoms with Crippen LogP contribution in [0, 0.1) is 0 Å². The molecule has 0 unspecified atom stereocenters. The van der Waals surface area contributed by atoms with Crippen molar-refractivity contribution in [3.8, 4) is 5.75 Å². The van der Waals surface area contributed by atoms with Crippen molar-refractivity contribution in [3.05, 3.63) is 57.0 Å². The fourth-order valence-corrected chi connectivity index (χ4v) is 6.42. The Morgan fingerprint density at radius 2 is 1.81 bits per heavy atom. The van der Waals surface area contributed by atoms with Crippen molar-refractivity contribution >= 4 is 0 Å². The van der Waals surface area contributed by atoms with Crippen molar-refractivity contribution in [2.45, 2.75) is 94.5 Å². The van der Waals surface area contributed by atoms with Gasteiger partial charge >= 0.3 is 0 Å². The molecule has 32 heavy (non-hydrogen) atoms. The number of rotatable bonds is 6. The van der Waals surface area contributed by atoms with Gasteiger partial charge in [0.15, 0.2) is 0 Å². The summed E-state index contributed by atoms with van der Waals surface area (Å²) in [6.07, 6.45) is 9.46. The number of methoxy groups -OCH3 is 1. The smallest absolute Gasteiger partial charge is 0.266 e. The molecule has 1 N–H and O–H groups in total. The standard InChI is InChI=1S/C26H33N3O3/c1-32-24-12-19-4-2-3-18(19)11-20(24)15-28-21-7-8-22(28)14-26(31,13-21)16-29-25(30)10-9-23(27-29)17-5-6-17/h9-12,17,21-22,31H,2-8,13-16H2,1H3/t21-,22-/m1/s1. The molecule has 2 bridgehead atoms. The number of piperidine rings is 1. The van der Waals surface area contributed by atoms with Crippen LogP contribution >= 0.6 is 0 Å². The number of fused-ring (bicyclic) bond motifs is 3. The zero-order chi connectivity index (χ0) is 21.9. The van der Waals surface area contributed by atoms with Crippen LogP contribution in [0.1, 0.15) is 73.2 Å². The summed E-state index contributed by atoms with van der Waals surface area (Å²) in [6, 6.07) is 8.74. The van der Waals surface area contributed by atoms with E-state index in [1.54, 1.807) is 13.2 Å². The molecular weight excluding hydrogens is 402 g/mol. The highest BCUT2D eigenvalue weighted by Crippen LogP contribution is 2.43. The Bertz CT molecular complexity index is 1080. The van der Waals surface area contributed by atoms with Gasteiger partial charge in [0.2, 0.25) is 0 Å². The molecule has 2 aliphatic heterocycles. The molecule has 0 amide bonds. The van der Waals surface area contributed by atoms with E-state index in [0.29, 0.717) is 37.4 Å². The van der Waals surface area contributed by atoms with Crippen LogP contribution < -0.4 is 10.3 Å². The Labute approximate surface area is 189 Å². The van der Waals surface area contributed by atoms with Crippen molar-refractivity contribution < 1.29 is 9.84 Å². The summed E-state index contributed by atoms with van der Waals surface area (Å²) < 4.78 is 7.27. The molecule has 6 heteroatoms. The summed E-state index contributed by atoms with van der Waals surface area (Å²) in [5.74, 6) is 1.50. The van der Waals surface area contributed by atoms with Crippen molar-refractivity contribution in [2.24, 2.45) is 0 Å². The first-order valence-electron chi connectivity index (χ1n) is 12.3. The summed E-state index contributed by atoms with van der Waals surface area (Å²) in [6.45, 7) is 1.17. The van der Waals surface area contributed by atoms with Gasteiger partial charge in [0.1, 0.15) is 5.75 Å². The average Bonchev–Trinajstić information content (AvgIpc) is 3.47. The van der Waals surface area contributed by atoms with Gasteiger partial charge in [0.25, 0.3) is 5.56 Å². The minimum Gasteiger partial charge on any atom is -0.496 e. The topological polar surface area (TPSA) is 67.6 Å². The maximum Gasteiger partial charge on any atom is 0.266 e. The number of aromatic nitrogens is 2. The van der Waals surface area contributed by atoms with E-state index < -0.39 is 5.60 Å². The molecule has 4 aliphatic rings. The minimum absolute atomic E-state index is 0.111. The minimum atomic E-state index is -0.872. The van der Waals surface area contributed by atoms with Gasteiger partial charge in [-0.05, 0) is 81.0 Å². The predicted molar refractivity (Wildman–Crippen MR) is 122 cm³/mol. The number of aliphatic hydroxyl groups is 1. The van der Waals surface area contributed by atoms with Crippen LogP contribution in [0.2, 0.25) is 0 Å². The molecule has 2 aliphatic carbocycles. The SMILES string of the molecule is COc1cc2c(cc1CN1[C@@H]3CC[C@@H]1CC(O)(Cn1nc(C4CC4)ccc1=O)C3)CCC2. The third-order valence-corrected chi connectivity index (χ3v) is 8.18. The zero-order valence-electron chi connectivity index (χ0n) is 18.9. The highest BCUT2D eigenvalue weighted by Gasteiger charge is 2.48. The van der Waals surface area contributed by atoms with Crippen LogP contribution in [-0.4, -0.2) is 44.6 Å². The number of hydrogen-bond acceptors (Lipinski definition) is 5. The number of benzene rings is 1. The third kappa shape index (κ3) is 3.67. The number of nitrogens with zero attached hydrogens (tertiary/aromatic N) is 3. The van der Waals surface area contributed by atoms with Crippen LogP contribution in [0.4, 0.5) is 0 Å². The lowest BCUT2D eigenvalue weighted by Gasteiger charge is -2.44. The molecule has 6 rings (SSSR count). The van der Waals surface area contributed by atoms with Gasteiger partial charge < -0.3 is 9.84 Å². The Hall–Kier alpha value is -2.18. The second-order valence-corrected chi connectivity index (χ2v) is 10.5. The van der Waals surface area contributed by atoms with Crippen LogP contribution in [0.5, 0.6) is 5.75 Å². The lowest BCUT2D eigenvalue weighted by molar-refractivity contribution is -0.0679. The van der Waals surface area contributed by atoms with E-state index in [0.717, 1.165) is 50.1 Å². The van der Waals surface area contributed by atoms with Gasteiger partial charge in [-0.1, -0.05) is 6.07 Å². The van der Waals surface area contributed by atoms with E-state index in [9.17, 15) is 9.90 Å². The highest BCUT2D eigenvalue weighted by atomic mass is 16.5. The van der Waals surface area contributed by atoms with E-state index in [4.69, 9.17) is 4.74 Å². The van der Waals surface area contributed by atoms with E-state index in [1.807, 2.05) is 6.07 Å². The average molecular weight is 436 g/mol. The van der Waals surface area contributed by atoms with E-state index in [2.05, 4.69) is 22.1 Å². The molecule has 0 radical (unpaired) electrons. The number of hydrogen-bond donors (Lipinski definition) is 1. The molecule has 2 aromatic rings. The summed E-state index contributed by atoms with van der Waals surface area (Å²) in [5.41, 5.74) is 4.20. The monoisotopic (exact) mass is 435 g/mol. The first-order valence-corrected chi connectivity index (χ1v) is 12.3. The van der Waals surface area contributed by atoms with E-state index in [1.165, 1.54) is 34.2 Å². The van der Waals surface area contributed by atoms with Gasteiger partial charge in [-0.25, -0.2) is 4.68 Å². The summed E-state index contributed by atoms with van der Waals surface area (Å²) >= 11 is 0. The van der Waals surface area contributed by atoms with Crippen molar-refractivity contribution in [1.82, 2.24) is 14.7 Å². The largest absolute Gasteiger partial charge is 0.496 e. The Kier molecular flexibility index (Phi) is 4.92. The number of ether oxygens (including phenoxy) is 1. The first-order chi connectivity index (χ1) is 15.5. The fourth-order valence-electron chi connectivity index (χ4n) is 6.42. The van der Waals surface area contributed by atoms with Crippen molar-refractivity contribution in [3.63, 3.8) is 0 Å². The second-order valence-electron chi connectivity index (χ2n) is 10.5. The molecule has 0 spiro atoms. The van der Waals surface area contributed by atoms with Crippen LogP contribution in [0.15, 0.2) is 29.1 Å². The molecule has 170 valence electrons. The molecule has 1 aromatic carbocycles. The molecule has 3 fully saturated rings. The maximum atomic E-state index is 12.4. The van der Waals surface area contributed by atoms with Crippen molar-refractivity contribution in [2.75, 3.05) is 7.11 Å².